The van der Waals surface area contributed by atoms with Crippen LogP contribution < -0.4 is 55.6 Å². The van der Waals surface area contributed by atoms with Gasteiger partial charge >= 0.3 is 88.3 Å². The minimum Gasteiger partial charge on any atom is -0.494 e. The molecule has 32 heteroatoms. The summed E-state index contributed by atoms with van der Waals surface area (Å²) in [7, 11) is -48.0. The van der Waals surface area contributed by atoms with Gasteiger partial charge in [-0.15, -0.1) is 0 Å². The van der Waals surface area contributed by atoms with E-state index in [2.05, 4.69) is 34.1 Å². The summed E-state index contributed by atoms with van der Waals surface area (Å²) in [6.07, 6.45) is 1.70. The molecule has 10 fully saturated rings. The van der Waals surface area contributed by atoms with Crippen LogP contribution in [0.25, 0.3) is 0 Å². The second-order valence-corrected chi connectivity index (χ2v) is 57.8. The van der Waals surface area contributed by atoms with Crippen LogP contribution in [0.15, 0.2) is 261 Å². The molecule has 19 rings (SSSR count). The minimum atomic E-state index is -5.20. The predicted molar refractivity (Wildman–Crippen MR) is 414 cm³/mol. The lowest BCUT2D eigenvalue weighted by Gasteiger charge is -2.59. The highest BCUT2D eigenvalue weighted by atomic mass is 28.6. The number of nitrogens with zero attached hydrogens (tertiary/aromatic N) is 2. The van der Waals surface area contributed by atoms with Gasteiger partial charge in [-0.25, -0.2) is 0 Å². The van der Waals surface area contributed by atoms with E-state index in [1.165, 1.54) is 0 Å². The standard InChI is InChI=1S/C74H82N2O20Si10/c1-98(50-24-48-77-62-44-40-60(41-45-62)75(52-64-56-79-64)53-65-57-80-65)83-97-84-100(68-26-10-3-11-27-68)89-103(71-32-16-6-17-33-71)87-99(2,51-25-49-78-63-46-42-61(43-47-63)76(54-66-58-81-66)55-67-59-82-67)88-104(72-34-18-7-19-35-72)95-105(91-100,73-36-20-8-21-37-73)93-102(86-98,70-30-14-5-15-31-70)94-106(96-104,74-38-22-9-23-39-74)92-101(85-97,90-103)69-28-12-4-13-29-69/h3-23,26-47,64-67,97H,24-25,48-59H2,1-2H3. The lowest BCUT2D eigenvalue weighted by Crippen LogP contribution is -2.91. The van der Waals surface area contributed by atoms with Crippen molar-refractivity contribution in [2.45, 2.75) is 62.4 Å². The molecule has 0 amide bonds. The Balaban J connectivity index is 0.837. The Morgan fingerprint density at radius 3 is 0.802 bits per heavy atom. The SMILES string of the molecule is C[Si]1(CCCOc2ccc(N(CC3CO3)CC3CO3)cc2)O[SiH]2O[Si]3(c4ccccc4)O[Si]4(c5ccccc5)O[Si](C)(CCCOc5ccc(N(CC6CO6)CC6CO6)cc5)O[Si]5(c6ccccc6)O[Si](c6ccccc6)(O3)O[Si](c3ccccc3)(O1)O[Si](c1ccccc1)(O[Si](c1ccccc1)(O2)O4)O5. The number of epoxide rings is 4. The Labute approximate surface area is 628 Å². The van der Waals surface area contributed by atoms with E-state index in [0.717, 1.165) is 64.0 Å². The molecular weight excluding hydrogens is 1520 g/mol. The van der Waals surface area contributed by atoms with Gasteiger partial charge in [0, 0.05) is 73.9 Å². The van der Waals surface area contributed by atoms with Crippen molar-refractivity contribution >= 4 is 136 Å². The summed E-state index contributed by atoms with van der Waals surface area (Å²) in [6.45, 7) is 10.8. The van der Waals surface area contributed by atoms with Crippen molar-refractivity contribution in [2.24, 2.45) is 0 Å². The molecule has 106 heavy (non-hydrogen) atoms. The minimum absolute atomic E-state index is 0.209. The van der Waals surface area contributed by atoms with Crippen LogP contribution in [0.4, 0.5) is 11.4 Å². The van der Waals surface area contributed by atoms with Gasteiger partial charge in [0.1, 0.15) is 11.5 Å². The maximum atomic E-state index is 8.65. The van der Waals surface area contributed by atoms with Crippen molar-refractivity contribution in [2.75, 3.05) is 75.6 Å². The number of hydrogen-bond donors (Lipinski definition) is 0. The van der Waals surface area contributed by atoms with Gasteiger partial charge in [0.2, 0.25) is 0 Å². The van der Waals surface area contributed by atoms with E-state index in [0.29, 0.717) is 66.7 Å². The average molecular weight is 1600 g/mol. The predicted octanol–water partition coefficient (Wildman–Crippen LogP) is 6.22. The van der Waals surface area contributed by atoms with E-state index in [1.807, 2.05) is 250 Å². The summed E-state index contributed by atoms with van der Waals surface area (Å²) >= 11 is 0. The molecule has 0 aromatic heterocycles. The normalized spacial score (nSPS) is 33.2. The summed E-state index contributed by atoms with van der Waals surface area (Å²) < 4.78 is 154. The highest BCUT2D eigenvalue weighted by molar-refractivity contribution is 7.11. The van der Waals surface area contributed by atoms with Gasteiger partial charge in [0.15, 0.2) is 0 Å². The summed E-state index contributed by atoms with van der Waals surface area (Å²) in [4.78, 5) is 4.65. The Morgan fingerprint density at radius 1 is 0.292 bits per heavy atom. The molecule has 0 saturated carbocycles. The van der Waals surface area contributed by atoms with E-state index < -0.39 is 88.3 Å². The smallest absolute Gasteiger partial charge is 0.494 e. The van der Waals surface area contributed by atoms with Crippen molar-refractivity contribution in [1.29, 1.82) is 0 Å². The summed E-state index contributed by atoms with van der Waals surface area (Å²) in [5, 5.41) is 3.68. The van der Waals surface area contributed by atoms with Crippen molar-refractivity contribution in [1.82, 2.24) is 0 Å². The molecule has 10 atom stereocenters. The maximum Gasteiger partial charge on any atom is 0.515 e. The van der Waals surface area contributed by atoms with E-state index in [9.17, 15) is 0 Å². The zero-order valence-electron chi connectivity index (χ0n) is 58.7. The first-order valence-electron chi connectivity index (χ1n) is 36.3. The summed E-state index contributed by atoms with van der Waals surface area (Å²) in [5.41, 5.74) is 2.14. The molecule has 10 unspecified atom stereocenters. The first-order valence-corrected chi connectivity index (χ1v) is 54.9. The molecule has 9 aromatic rings. The molecule has 10 aliphatic heterocycles. The van der Waals surface area contributed by atoms with Gasteiger partial charge in [-0.1, -0.05) is 212 Å². The number of hydrogen-bond acceptors (Lipinski definition) is 22. The number of fused-ring (bicyclic) bond motifs is 4. The van der Waals surface area contributed by atoms with Gasteiger partial charge in [-0.05, 0) is 86.6 Å². The second kappa shape index (κ2) is 29.5. The third-order valence-corrected chi connectivity index (χ3v) is 61.9. The molecule has 22 nitrogen and oxygen atoms in total. The molecule has 0 N–H and O–H groups in total. The van der Waals surface area contributed by atoms with E-state index >= 15 is 0 Å². The third kappa shape index (κ3) is 15.2. The van der Waals surface area contributed by atoms with Gasteiger partial charge in [-0.2, -0.15) is 0 Å². The third-order valence-electron chi connectivity index (χ3n) is 19.7. The van der Waals surface area contributed by atoms with Gasteiger partial charge < -0.3 is 95.8 Å². The first-order chi connectivity index (χ1) is 51.8. The average Bonchev–Trinajstić information content (AvgIpc) is 0.806. The van der Waals surface area contributed by atoms with Gasteiger partial charge in [0.25, 0.3) is 0 Å². The highest BCUT2D eigenvalue weighted by Crippen LogP contribution is 2.47. The van der Waals surface area contributed by atoms with Crippen LogP contribution in [0.2, 0.25) is 25.2 Å². The Kier molecular flexibility index (Phi) is 19.8. The molecule has 10 heterocycles. The van der Waals surface area contributed by atoms with Crippen molar-refractivity contribution < 1.29 is 86.0 Å². The lowest BCUT2D eigenvalue weighted by molar-refractivity contribution is 0.0291. The monoisotopic (exact) mass is 1600 g/mol. The quantitative estimate of drug-likeness (QED) is 0.0319. The zero-order valence-corrected chi connectivity index (χ0v) is 68.8. The highest BCUT2D eigenvalue weighted by Gasteiger charge is 2.81. The van der Waals surface area contributed by atoms with Crippen molar-refractivity contribution in [3.05, 3.63) is 261 Å². The fourth-order valence-corrected chi connectivity index (χ4v) is 68.2. The van der Waals surface area contributed by atoms with Crippen LogP contribution in [-0.4, -0.2) is 179 Å². The number of anilines is 2. The second-order valence-electron chi connectivity index (χ2n) is 28.0. The van der Waals surface area contributed by atoms with Crippen LogP contribution in [0, 0.1) is 0 Å². The first kappa shape index (κ1) is 71.2. The van der Waals surface area contributed by atoms with Crippen molar-refractivity contribution in [3.8, 4) is 11.5 Å². The molecule has 548 valence electrons. The maximum absolute atomic E-state index is 8.65. The molecule has 0 aliphatic carbocycles. The Morgan fingerprint density at radius 2 is 0.528 bits per heavy atom. The van der Waals surface area contributed by atoms with Crippen LogP contribution in [0.5, 0.6) is 11.5 Å². The summed E-state index contributed by atoms with van der Waals surface area (Å²) in [6, 6.07) is 85.2. The van der Waals surface area contributed by atoms with Crippen LogP contribution in [0.1, 0.15) is 12.8 Å². The zero-order chi connectivity index (χ0) is 71.3. The van der Waals surface area contributed by atoms with Gasteiger partial charge in [0.05, 0.1) is 64.1 Å². The molecule has 0 radical (unpaired) electrons. The largest absolute Gasteiger partial charge is 0.515 e. The topological polar surface area (TPSA) is 204 Å². The molecule has 10 aliphatic rings. The van der Waals surface area contributed by atoms with Crippen LogP contribution in [0.3, 0.4) is 0 Å². The fourth-order valence-electron chi connectivity index (χ4n) is 14.2. The lowest BCUT2D eigenvalue weighted by atomic mass is 10.2. The van der Waals surface area contributed by atoms with E-state index in [1.54, 1.807) is 0 Å². The van der Waals surface area contributed by atoms with E-state index in [-0.39, 0.29) is 43.7 Å². The molecular formula is C74H82N2O20Si10. The number of benzene rings is 9. The molecule has 8 bridgehead atoms. The molecule has 0 spiro atoms. The Bertz CT molecular complexity index is 4280. The molecule has 9 aromatic carbocycles. The fraction of sp³-hybridized carbons (Fsp3) is 0.270. The molecule has 10 saturated heterocycles. The van der Waals surface area contributed by atoms with E-state index in [4.69, 9.17) is 86.0 Å². The number of ether oxygens (including phenoxy) is 6. The van der Waals surface area contributed by atoms with Crippen molar-refractivity contribution in [3.63, 3.8) is 0 Å². The Hall–Kier alpha value is -6.37. The van der Waals surface area contributed by atoms with Crippen LogP contribution in [-0.2, 0) is 76.6 Å². The summed E-state index contributed by atoms with van der Waals surface area (Å²) in [5.74, 6) is 1.41. The van der Waals surface area contributed by atoms with Crippen LogP contribution >= 0.6 is 0 Å². The van der Waals surface area contributed by atoms with Gasteiger partial charge in [-0.3, -0.25) is 0 Å². The number of rotatable bonds is 27.